The topological polar surface area (TPSA) is 15.3 Å². The summed E-state index contributed by atoms with van der Waals surface area (Å²) in [6, 6.07) is 9.47. The molecule has 0 radical (unpaired) electrons. The Balaban J connectivity index is 2.06. The Morgan fingerprint density at radius 2 is 2.20 bits per heavy atom. The highest BCUT2D eigenvalue weighted by Gasteiger charge is 2.22. The summed E-state index contributed by atoms with van der Waals surface area (Å²) in [5.74, 6) is 0. The van der Waals surface area contributed by atoms with Crippen molar-refractivity contribution in [1.29, 1.82) is 0 Å². The lowest BCUT2D eigenvalue weighted by Gasteiger charge is -2.35. The van der Waals surface area contributed by atoms with Crippen LogP contribution in [0.25, 0.3) is 0 Å². The highest BCUT2D eigenvalue weighted by atomic mass is 35.5. The van der Waals surface area contributed by atoms with Gasteiger partial charge in [-0.2, -0.15) is 0 Å². The maximum absolute atomic E-state index is 6.15. The van der Waals surface area contributed by atoms with Crippen LogP contribution in [-0.4, -0.2) is 30.6 Å². The van der Waals surface area contributed by atoms with Crippen molar-refractivity contribution in [3.05, 3.63) is 34.9 Å². The van der Waals surface area contributed by atoms with Crippen LogP contribution in [-0.2, 0) is 0 Å². The van der Waals surface area contributed by atoms with Gasteiger partial charge in [0.15, 0.2) is 0 Å². The van der Waals surface area contributed by atoms with Gasteiger partial charge in [-0.3, -0.25) is 4.90 Å². The molecule has 0 amide bonds. The molecule has 3 heteroatoms. The Hall–Kier alpha value is -0.570. The van der Waals surface area contributed by atoms with E-state index in [1.165, 1.54) is 31.4 Å². The Morgan fingerprint density at radius 3 is 2.80 bits per heavy atom. The predicted molar refractivity (Wildman–Crippen MR) is 87.4 cm³/mol. The van der Waals surface area contributed by atoms with Crippen LogP contribution in [0.2, 0.25) is 5.02 Å². The Bertz CT molecular complexity index is 402. The molecule has 0 aromatic heterocycles. The van der Waals surface area contributed by atoms with Gasteiger partial charge in [0, 0.05) is 23.7 Å². The van der Waals surface area contributed by atoms with Crippen molar-refractivity contribution >= 4 is 11.6 Å². The standard InChI is InChI=1S/C17H27ClN2/c1-3-17(14-8-7-9-15(18)12-14)20(4-2)13-16-10-5-6-11-19-16/h7-9,12,16-17,19H,3-6,10-11,13H2,1-2H3. The number of benzene rings is 1. The van der Waals surface area contributed by atoms with Crippen LogP contribution in [0.5, 0.6) is 0 Å². The first-order valence-electron chi connectivity index (χ1n) is 7.97. The van der Waals surface area contributed by atoms with Gasteiger partial charge in [-0.15, -0.1) is 0 Å². The van der Waals surface area contributed by atoms with Crippen molar-refractivity contribution in [1.82, 2.24) is 10.2 Å². The third-order valence-corrected chi connectivity index (χ3v) is 4.57. The SMILES string of the molecule is CCC(c1cccc(Cl)c1)N(CC)CC1CCCCN1. The fourth-order valence-electron chi connectivity index (χ4n) is 3.26. The molecule has 0 aliphatic carbocycles. The van der Waals surface area contributed by atoms with E-state index >= 15 is 0 Å². The number of hydrogen-bond donors (Lipinski definition) is 1. The Kier molecular flexibility index (Phi) is 6.34. The molecule has 1 aliphatic rings. The molecule has 1 heterocycles. The summed E-state index contributed by atoms with van der Waals surface area (Å²) >= 11 is 6.15. The Labute approximate surface area is 128 Å². The van der Waals surface area contributed by atoms with Gasteiger partial charge in [-0.1, -0.05) is 44.0 Å². The maximum atomic E-state index is 6.15. The Morgan fingerprint density at radius 1 is 1.35 bits per heavy atom. The average molecular weight is 295 g/mol. The summed E-state index contributed by atoms with van der Waals surface area (Å²) in [6.45, 7) is 7.93. The minimum atomic E-state index is 0.474. The third kappa shape index (κ3) is 4.21. The van der Waals surface area contributed by atoms with Crippen molar-refractivity contribution in [3.63, 3.8) is 0 Å². The van der Waals surface area contributed by atoms with Gasteiger partial charge in [0.05, 0.1) is 0 Å². The van der Waals surface area contributed by atoms with Crippen LogP contribution < -0.4 is 5.32 Å². The molecule has 1 N–H and O–H groups in total. The van der Waals surface area contributed by atoms with Gasteiger partial charge in [-0.25, -0.2) is 0 Å². The van der Waals surface area contributed by atoms with Crippen LogP contribution in [0.1, 0.15) is 51.1 Å². The molecule has 0 saturated carbocycles. The molecule has 20 heavy (non-hydrogen) atoms. The van der Waals surface area contributed by atoms with Crippen molar-refractivity contribution < 1.29 is 0 Å². The molecule has 112 valence electrons. The van der Waals surface area contributed by atoms with Crippen LogP contribution in [0.3, 0.4) is 0 Å². The van der Waals surface area contributed by atoms with E-state index in [-0.39, 0.29) is 0 Å². The largest absolute Gasteiger partial charge is 0.313 e. The van der Waals surface area contributed by atoms with Crippen molar-refractivity contribution in [2.24, 2.45) is 0 Å². The molecule has 0 bridgehead atoms. The van der Waals surface area contributed by atoms with E-state index in [0.29, 0.717) is 12.1 Å². The second-order valence-corrected chi connectivity index (χ2v) is 6.15. The van der Waals surface area contributed by atoms with E-state index < -0.39 is 0 Å². The van der Waals surface area contributed by atoms with Gasteiger partial charge >= 0.3 is 0 Å². The lowest BCUT2D eigenvalue weighted by atomic mass is 9.99. The summed E-state index contributed by atoms with van der Waals surface area (Å²) in [5, 5.41) is 4.50. The van der Waals surface area contributed by atoms with Gasteiger partial charge in [-0.05, 0) is 50.0 Å². The van der Waals surface area contributed by atoms with E-state index in [0.717, 1.165) is 24.5 Å². The van der Waals surface area contributed by atoms with E-state index in [2.05, 4.69) is 42.3 Å². The highest BCUT2D eigenvalue weighted by Crippen LogP contribution is 2.27. The first kappa shape index (κ1) is 15.8. The van der Waals surface area contributed by atoms with Crippen molar-refractivity contribution in [3.8, 4) is 0 Å². The number of hydrogen-bond acceptors (Lipinski definition) is 2. The van der Waals surface area contributed by atoms with E-state index in [9.17, 15) is 0 Å². The molecular weight excluding hydrogens is 268 g/mol. The normalized spacial score (nSPS) is 21.1. The quantitative estimate of drug-likeness (QED) is 0.843. The zero-order valence-corrected chi connectivity index (χ0v) is 13.5. The summed E-state index contributed by atoms with van der Waals surface area (Å²) < 4.78 is 0. The van der Waals surface area contributed by atoms with Crippen LogP contribution in [0.15, 0.2) is 24.3 Å². The minimum absolute atomic E-state index is 0.474. The van der Waals surface area contributed by atoms with Crippen molar-refractivity contribution in [2.45, 2.75) is 51.6 Å². The molecule has 1 aromatic carbocycles. The molecule has 2 nitrogen and oxygen atoms in total. The zero-order valence-electron chi connectivity index (χ0n) is 12.7. The van der Waals surface area contributed by atoms with E-state index in [1.807, 2.05) is 6.07 Å². The van der Waals surface area contributed by atoms with Gasteiger partial charge < -0.3 is 5.32 Å². The van der Waals surface area contributed by atoms with Crippen LogP contribution in [0, 0.1) is 0 Å². The molecule has 0 spiro atoms. The molecular formula is C17H27ClN2. The zero-order chi connectivity index (χ0) is 14.4. The average Bonchev–Trinajstić information content (AvgIpc) is 2.48. The number of piperidine rings is 1. The smallest absolute Gasteiger partial charge is 0.0409 e. The molecule has 1 aliphatic heterocycles. The number of likely N-dealkylation sites (N-methyl/N-ethyl adjacent to an activating group) is 1. The summed E-state index contributed by atoms with van der Waals surface area (Å²) in [6.07, 6.45) is 5.13. The van der Waals surface area contributed by atoms with E-state index in [4.69, 9.17) is 11.6 Å². The van der Waals surface area contributed by atoms with Gasteiger partial charge in [0.2, 0.25) is 0 Å². The molecule has 2 unspecified atom stereocenters. The van der Waals surface area contributed by atoms with Gasteiger partial charge in [0.1, 0.15) is 0 Å². The first-order valence-corrected chi connectivity index (χ1v) is 8.35. The summed E-state index contributed by atoms with van der Waals surface area (Å²) in [7, 11) is 0. The third-order valence-electron chi connectivity index (χ3n) is 4.33. The lowest BCUT2D eigenvalue weighted by Crippen LogP contribution is -2.44. The fourth-order valence-corrected chi connectivity index (χ4v) is 3.46. The predicted octanol–water partition coefficient (Wildman–Crippen LogP) is 4.26. The highest BCUT2D eigenvalue weighted by molar-refractivity contribution is 6.30. The number of halogens is 1. The molecule has 1 fully saturated rings. The fraction of sp³-hybridized carbons (Fsp3) is 0.647. The first-order chi connectivity index (χ1) is 9.74. The summed E-state index contributed by atoms with van der Waals surface area (Å²) in [5.41, 5.74) is 1.35. The summed E-state index contributed by atoms with van der Waals surface area (Å²) in [4.78, 5) is 2.59. The second-order valence-electron chi connectivity index (χ2n) is 5.71. The van der Waals surface area contributed by atoms with Crippen LogP contribution in [0.4, 0.5) is 0 Å². The monoisotopic (exact) mass is 294 g/mol. The molecule has 2 atom stereocenters. The second kappa shape index (κ2) is 8.02. The minimum Gasteiger partial charge on any atom is -0.313 e. The van der Waals surface area contributed by atoms with Gasteiger partial charge in [0.25, 0.3) is 0 Å². The number of nitrogens with one attached hydrogen (secondary N) is 1. The number of rotatable bonds is 6. The van der Waals surface area contributed by atoms with Crippen molar-refractivity contribution in [2.75, 3.05) is 19.6 Å². The molecule has 2 rings (SSSR count). The molecule has 1 saturated heterocycles. The van der Waals surface area contributed by atoms with E-state index in [1.54, 1.807) is 0 Å². The van der Waals surface area contributed by atoms with Crippen LogP contribution >= 0.6 is 11.6 Å². The lowest BCUT2D eigenvalue weighted by molar-refractivity contribution is 0.170. The molecule has 1 aromatic rings. The maximum Gasteiger partial charge on any atom is 0.0409 e. The number of nitrogens with zero attached hydrogens (tertiary/aromatic N) is 1.